The molecule has 1 heterocycles. The summed E-state index contributed by atoms with van der Waals surface area (Å²) in [5, 5.41) is 0. The van der Waals surface area contributed by atoms with Gasteiger partial charge in [0.2, 0.25) is 5.91 Å². The Morgan fingerprint density at radius 3 is 2.11 bits per heavy atom. The lowest BCUT2D eigenvalue weighted by Crippen LogP contribution is -2.35. The van der Waals surface area contributed by atoms with Crippen LogP contribution in [0.1, 0.15) is 48.0 Å². The number of allylic oxidation sites excluding steroid dienone is 2. The van der Waals surface area contributed by atoms with Crippen LogP contribution in [0, 0.1) is 0 Å². The number of hydrogen-bond acceptors (Lipinski definition) is 1. The monoisotopic (exact) mass is 251 g/mol. The summed E-state index contributed by atoms with van der Waals surface area (Å²) in [6.07, 6.45) is 2.89. The Morgan fingerprint density at radius 2 is 1.72 bits per heavy atom. The molecule has 0 aromatic carbocycles. The van der Waals surface area contributed by atoms with Crippen LogP contribution < -0.4 is 0 Å². The third kappa shape index (κ3) is 7.10. The quantitative estimate of drug-likeness (QED) is 0.678. The second-order valence-corrected chi connectivity index (χ2v) is 3.81. The molecule has 0 radical (unpaired) electrons. The van der Waals surface area contributed by atoms with E-state index in [1.54, 1.807) is 6.92 Å². The SMILES string of the molecule is C=C(C)/C=C1/CN(C(C)=O)CCC1=C.CC.CC. The van der Waals surface area contributed by atoms with E-state index < -0.39 is 0 Å². The largest absolute Gasteiger partial charge is 0.338 e. The van der Waals surface area contributed by atoms with Crippen molar-refractivity contribution in [2.75, 3.05) is 13.1 Å². The third-order valence-corrected chi connectivity index (χ3v) is 2.36. The molecule has 18 heavy (non-hydrogen) atoms. The Hall–Kier alpha value is -1.31. The summed E-state index contributed by atoms with van der Waals surface area (Å²) in [6, 6.07) is 0. The molecule has 0 unspecified atom stereocenters. The van der Waals surface area contributed by atoms with E-state index in [1.807, 2.05) is 45.6 Å². The average molecular weight is 251 g/mol. The van der Waals surface area contributed by atoms with Gasteiger partial charge >= 0.3 is 0 Å². The summed E-state index contributed by atoms with van der Waals surface area (Å²) < 4.78 is 0. The second-order valence-electron chi connectivity index (χ2n) is 3.81. The van der Waals surface area contributed by atoms with E-state index in [0.717, 1.165) is 29.7 Å². The van der Waals surface area contributed by atoms with Crippen molar-refractivity contribution in [1.82, 2.24) is 4.90 Å². The number of nitrogens with zero attached hydrogens (tertiary/aromatic N) is 1. The zero-order chi connectivity index (χ0) is 14.7. The van der Waals surface area contributed by atoms with Crippen LogP contribution in [0.25, 0.3) is 0 Å². The van der Waals surface area contributed by atoms with Gasteiger partial charge in [-0.25, -0.2) is 0 Å². The smallest absolute Gasteiger partial charge is 0.219 e. The van der Waals surface area contributed by atoms with E-state index in [-0.39, 0.29) is 5.91 Å². The van der Waals surface area contributed by atoms with Crippen LogP contribution in [0.15, 0.2) is 36.0 Å². The molecule has 0 aromatic heterocycles. The van der Waals surface area contributed by atoms with Crippen LogP contribution in [0.5, 0.6) is 0 Å². The van der Waals surface area contributed by atoms with Gasteiger partial charge in [-0.15, -0.1) is 0 Å². The molecule has 1 fully saturated rings. The van der Waals surface area contributed by atoms with Crippen LogP contribution in [-0.2, 0) is 4.79 Å². The predicted molar refractivity (Wildman–Crippen MR) is 81.6 cm³/mol. The summed E-state index contributed by atoms with van der Waals surface area (Å²) in [5.41, 5.74) is 3.27. The van der Waals surface area contributed by atoms with Crippen LogP contribution in [0.2, 0.25) is 0 Å². The van der Waals surface area contributed by atoms with E-state index in [1.165, 1.54) is 0 Å². The molecule has 2 heteroatoms. The molecule has 0 N–H and O–H groups in total. The van der Waals surface area contributed by atoms with E-state index in [9.17, 15) is 4.79 Å². The summed E-state index contributed by atoms with van der Waals surface area (Å²) in [5.74, 6) is 0.130. The first kappa shape index (κ1) is 19.0. The number of likely N-dealkylation sites (tertiary alicyclic amines) is 1. The number of piperidine rings is 1. The average Bonchev–Trinajstić information content (AvgIpc) is 2.36. The Kier molecular flexibility index (Phi) is 11.4. The van der Waals surface area contributed by atoms with Crippen molar-refractivity contribution >= 4 is 5.91 Å². The van der Waals surface area contributed by atoms with Crippen LogP contribution in [0.4, 0.5) is 0 Å². The molecule has 1 amide bonds. The molecular weight excluding hydrogens is 222 g/mol. The number of carbonyl (C=O) groups is 1. The van der Waals surface area contributed by atoms with Gasteiger partial charge in [0, 0.05) is 20.0 Å². The zero-order valence-corrected chi connectivity index (χ0v) is 13.0. The van der Waals surface area contributed by atoms with E-state index in [4.69, 9.17) is 0 Å². The van der Waals surface area contributed by atoms with Crippen LogP contribution in [-0.4, -0.2) is 23.9 Å². The Bertz CT molecular complexity index is 313. The summed E-state index contributed by atoms with van der Waals surface area (Å²) in [6.45, 7) is 20.9. The van der Waals surface area contributed by atoms with E-state index >= 15 is 0 Å². The van der Waals surface area contributed by atoms with Gasteiger partial charge in [0.05, 0.1) is 0 Å². The number of rotatable bonds is 1. The molecule has 1 saturated heterocycles. The van der Waals surface area contributed by atoms with Gasteiger partial charge in [0.1, 0.15) is 0 Å². The van der Waals surface area contributed by atoms with Crippen molar-refractivity contribution in [3.63, 3.8) is 0 Å². The lowest BCUT2D eigenvalue weighted by Gasteiger charge is -2.29. The molecule has 0 aliphatic carbocycles. The highest BCUT2D eigenvalue weighted by Crippen LogP contribution is 2.21. The minimum Gasteiger partial charge on any atom is -0.338 e. The highest BCUT2D eigenvalue weighted by Gasteiger charge is 2.18. The molecule has 0 atom stereocenters. The van der Waals surface area contributed by atoms with Crippen molar-refractivity contribution < 1.29 is 4.79 Å². The fourth-order valence-corrected chi connectivity index (χ4v) is 1.54. The maximum Gasteiger partial charge on any atom is 0.219 e. The van der Waals surface area contributed by atoms with Gasteiger partial charge < -0.3 is 4.90 Å². The van der Waals surface area contributed by atoms with Crippen molar-refractivity contribution in [3.8, 4) is 0 Å². The fourth-order valence-electron chi connectivity index (χ4n) is 1.54. The number of amides is 1. The maximum absolute atomic E-state index is 11.2. The topological polar surface area (TPSA) is 20.3 Å². The number of hydrogen-bond donors (Lipinski definition) is 0. The van der Waals surface area contributed by atoms with Crippen molar-refractivity contribution in [3.05, 3.63) is 36.0 Å². The van der Waals surface area contributed by atoms with Gasteiger partial charge in [-0.2, -0.15) is 0 Å². The molecule has 1 rings (SSSR count). The summed E-state index contributed by atoms with van der Waals surface area (Å²) in [7, 11) is 0. The molecule has 0 aromatic rings. The predicted octanol–water partition coefficient (Wildman–Crippen LogP) is 4.35. The van der Waals surface area contributed by atoms with Gasteiger partial charge in [-0.1, -0.05) is 52.5 Å². The minimum atomic E-state index is 0.130. The second kappa shape index (κ2) is 10.8. The van der Waals surface area contributed by atoms with E-state index in [2.05, 4.69) is 13.2 Å². The highest BCUT2D eigenvalue weighted by molar-refractivity contribution is 5.74. The lowest BCUT2D eigenvalue weighted by atomic mass is 9.98. The van der Waals surface area contributed by atoms with Gasteiger partial charge in [-0.05, 0) is 24.5 Å². The number of carbonyl (C=O) groups excluding carboxylic acids is 1. The lowest BCUT2D eigenvalue weighted by molar-refractivity contribution is -0.128. The highest BCUT2D eigenvalue weighted by atomic mass is 16.2. The van der Waals surface area contributed by atoms with Crippen molar-refractivity contribution in [2.45, 2.75) is 48.0 Å². The normalized spacial score (nSPS) is 16.2. The molecular formula is C16H29NO. The standard InChI is InChI=1S/C12H17NO.2C2H6/c1-9(2)7-12-8-13(11(4)14)6-5-10(12)3;2*1-2/h7H,1,3,5-6,8H2,2,4H3;2*1-2H3/b12-7-;;. The molecule has 0 spiro atoms. The van der Waals surface area contributed by atoms with Crippen molar-refractivity contribution in [2.24, 2.45) is 0 Å². The molecule has 104 valence electrons. The fraction of sp³-hybridized carbons (Fsp3) is 0.562. The molecule has 0 bridgehead atoms. The zero-order valence-electron chi connectivity index (χ0n) is 13.0. The molecule has 0 saturated carbocycles. The first-order chi connectivity index (χ1) is 8.50. The minimum absolute atomic E-state index is 0.130. The molecule has 2 nitrogen and oxygen atoms in total. The first-order valence-electron chi connectivity index (χ1n) is 6.80. The molecule has 1 aliphatic heterocycles. The van der Waals surface area contributed by atoms with Gasteiger partial charge in [0.25, 0.3) is 0 Å². The first-order valence-corrected chi connectivity index (χ1v) is 6.80. The third-order valence-electron chi connectivity index (χ3n) is 2.36. The Morgan fingerprint density at radius 1 is 1.22 bits per heavy atom. The van der Waals surface area contributed by atoms with E-state index in [0.29, 0.717) is 6.54 Å². The Labute approximate surface area is 113 Å². The van der Waals surface area contributed by atoms with Crippen LogP contribution >= 0.6 is 0 Å². The van der Waals surface area contributed by atoms with Crippen molar-refractivity contribution in [1.29, 1.82) is 0 Å². The van der Waals surface area contributed by atoms with Gasteiger partial charge in [-0.3, -0.25) is 4.79 Å². The van der Waals surface area contributed by atoms with Crippen LogP contribution in [0.3, 0.4) is 0 Å². The summed E-state index contributed by atoms with van der Waals surface area (Å²) >= 11 is 0. The summed E-state index contributed by atoms with van der Waals surface area (Å²) in [4.78, 5) is 13.0. The maximum atomic E-state index is 11.2. The molecule has 1 aliphatic rings. The van der Waals surface area contributed by atoms with Gasteiger partial charge in [0.15, 0.2) is 0 Å². The Balaban J connectivity index is 0.